The molecular weight excluding hydrogens is 186 g/mol. The molecule has 0 saturated carbocycles. The SMILES string of the molecule is CSC(C)CCN1CC(O)CC1=O. The van der Waals surface area contributed by atoms with Gasteiger partial charge in [0.2, 0.25) is 5.91 Å². The molecule has 1 aliphatic rings. The van der Waals surface area contributed by atoms with Gasteiger partial charge in [-0.1, -0.05) is 6.92 Å². The van der Waals surface area contributed by atoms with Gasteiger partial charge in [-0.3, -0.25) is 4.79 Å². The van der Waals surface area contributed by atoms with Crippen molar-refractivity contribution in [2.75, 3.05) is 19.3 Å². The number of rotatable bonds is 4. The van der Waals surface area contributed by atoms with Crippen molar-refractivity contribution in [3.63, 3.8) is 0 Å². The molecule has 1 amide bonds. The highest BCUT2D eigenvalue weighted by molar-refractivity contribution is 7.99. The molecule has 1 rings (SSSR count). The maximum Gasteiger partial charge on any atom is 0.225 e. The quantitative estimate of drug-likeness (QED) is 0.732. The molecule has 0 aromatic heterocycles. The smallest absolute Gasteiger partial charge is 0.225 e. The molecule has 2 unspecified atom stereocenters. The van der Waals surface area contributed by atoms with E-state index in [0.29, 0.717) is 18.2 Å². The highest BCUT2D eigenvalue weighted by Crippen LogP contribution is 2.15. The van der Waals surface area contributed by atoms with Gasteiger partial charge in [0.15, 0.2) is 0 Å². The fraction of sp³-hybridized carbons (Fsp3) is 0.889. The number of hydrogen-bond donors (Lipinski definition) is 1. The molecule has 3 nitrogen and oxygen atoms in total. The normalized spacial score (nSPS) is 25.3. The van der Waals surface area contributed by atoms with E-state index in [1.807, 2.05) is 11.8 Å². The Morgan fingerprint density at radius 1 is 1.77 bits per heavy atom. The predicted octanol–water partition coefficient (Wildman–Crippen LogP) is 0.721. The third-order valence-electron chi connectivity index (χ3n) is 2.40. The third-order valence-corrected chi connectivity index (χ3v) is 3.44. The van der Waals surface area contributed by atoms with Gasteiger partial charge >= 0.3 is 0 Å². The zero-order valence-electron chi connectivity index (χ0n) is 8.19. The van der Waals surface area contributed by atoms with Crippen LogP contribution in [-0.2, 0) is 4.79 Å². The van der Waals surface area contributed by atoms with Crippen LogP contribution in [0.25, 0.3) is 0 Å². The van der Waals surface area contributed by atoms with Crippen molar-refractivity contribution in [2.45, 2.75) is 31.1 Å². The Labute approximate surface area is 83.5 Å². The summed E-state index contributed by atoms with van der Waals surface area (Å²) in [5, 5.41) is 9.81. The number of aliphatic hydroxyl groups excluding tert-OH is 1. The maximum absolute atomic E-state index is 11.2. The summed E-state index contributed by atoms with van der Waals surface area (Å²) < 4.78 is 0. The van der Waals surface area contributed by atoms with Crippen LogP contribution in [0, 0.1) is 0 Å². The molecule has 0 aromatic rings. The molecule has 1 saturated heterocycles. The average Bonchev–Trinajstić information content (AvgIpc) is 2.41. The van der Waals surface area contributed by atoms with Crippen molar-refractivity contribution >= 4 is 17.7 Å². The van der Waals surface area contributed by atoms with E-state index in [2.05, 4.69) is 13.2 Å². The molecule has 1 heterocycles. The zero-order valence-corrected chi connectivity index (χ0v) is 9.01. The lowest BCUT2D eigenvalue weighted by Gasteiger charge is -2.17. The lowest BCUT2D eigenvalue weighted by atomic mass is 10.3. The van der Waals surface area contributed by atoms with Gasteiger partial charge in [-0.15, -0.1) is 0 Å². The maximum atomic E-state index is 11.2. The predicted molar refractivity (Wildman–Crippen MR) is 54.8 cm³/mol. The number of aliphatic hydroxyl groups is 1. The van der Waals surface area contributed by atoms with Crippen molar-refractivity contribution in [1.82, 2.24) is 4.90 Å². The molecule has 4 heteroatoms. The fourth-order valence-electron chi connectivity index (χ4n) is 1.42. The second-order valence-electron chi connectivity index (χ2n) is 3.53. The summed E-state index contributed by atoms with van der Waals surface area (Å²) in [6, 6.07) is 0. The summed E-state index contributed by atoms with van der Waals surface area (Å²) in [7, 11) is 0. The van der Waals surface area contributed by atoms with Crippen LogP contribution in [-0.4, -0.2) is 46.6 Å². The third kappa shape index (κ3) is 3.19. The number of carbonyl (C=O) groups excluding carboxylic acids is 1. The van der Waals surface area contributed by atoms with E-state index in [-0.39, 0.29) is 5.91 Å². The largest absolute Gasteiger partial charge is 0.391 e. The lowest BCUT2D eigenvalue weighted by Crippen LogP contribution is -2.28. The molecule has 0 radical (unpaired) electrons. The van der Waals surface area contributed by atoms with E-state index in [9.17, 15) is 9.90 Å². The molecule has 2 atom stereocenters. The average molecular weight is 203 g/mol. The lowest BCUT2D eigenvalue weighted by molar-refractivity contribution is -0.127. The molecule has 76 valence electrons. The van der Waals surface area contributed by atoms with E-state index in [1.165, 1.54) is 0 Å². The molecule has 1 N–H and O–H groups in total. The van der Waals surface area contributed by atoms with Crippen LogP contribution >= 0.6 is 11.8 Å². The Kier molecular flexibility index (Phi) is 4.06. The molecule has 1 fully saturated rings. The first-order valence-corrected chi connectivity index (χ1v) is 5.91. The summed E-state index contributed by atoms with van der Waals surface area (Å²) >= 11 is 1.81. The van der Waals surface area contributed by atoms with Crippen LogP contribution in [0.15, 0.2) is 0 Å². The number of β-amino-alcohol motifs (C(OH)–C–C–N with tert-alkyl or cyclic N) is 1. The van der Waals surface area contributed by atoms with Gasteiger partial charge < -0.3 is 10.0 Å². The summed E-state index contributed by atoms with van der Waals surface area (Å²) in [5.41, 5.74) is 0. The molecule has 0 aliphatic carbocycles. The van der Waals surface area contributed by atoms with E-state index < -0.39 is 6.10 Å². The van der Waals surface area contributed by atoms with Crippen LogP contribution in [0.3, 0.4) is 0 Å². The Morgan fingerprint density at radius 2 is 2.46 bits per heavy atom. The van der Waals surface area contributed by atoms with E-state index in [1.54, 1.807) is 4.90 Å². The minimum Gasteiger partial charge on any atom is -0.391 e. The van der Waals surface area contributed by atoms with Crippen molar-refractivity contribution in [3.05, 3.63) is 0 Å². The van der Waals surface area contributed by atoms with Crippen LogP contribution in [0.1, 0.15) is 19.8 Å². The molecule has 0 spiro atoms. The second kappa shape index (κ2) is 4.86. The van der Waals surface area contributed by atoms with Crippen molar-refractivity contribution in [1.29, 1.82) is 0 Å². The standard InChI is InChI=1S/C9H17NO2S/c1-7(13-2)3-4-10-6-8(11)5-9(10)12/h7-8,11H,3-6H2,1-2H3. The summed E-state index contributed by atoms with van der Waals surface area (Å²) in [5.74, 6) is 0.0980. The number of nitrogens with zero attached hydrogens (tertiary/aromatic N) is 1. The van der Waals surface area contributed by atoms with E-state index in [4.69, 9.17) is 0 Å². The first-order chi connectivity index (χ1) is 6.13. The van der Waals surface area contributed by atoms with Crippen LogP contribution in [0.2, 0.25) is 0 Å². The number of thioether (sulfide) groups is 1. The summed E-state index contributed by atoms with van der Waals surface area (Å²) in [6.45, 7) is 3.47. The zero-order chi connectivity index (χ0) is 9.84. The first kappa shape index (κ1) is 10.9. The molecule has 1 aliphatic heterocycles. The van der Waals surface area contributed by atoms with Gasteiger partial charge in [-0.2, -0.15) is 11.8 Å². The minimum absolute atomic E-state index is 0.0980. The van der Waals surface area contributed by atoms with Gasteiger partial charge in [0, 0.05) is 18.3 Å². The highest BCUT2D eigenvalue weighted by Gasteiger charge is 2.27. The monoisotopic (exact) mass is 203 g/mol. The van der Waals surface area contributed by atoms with Gasteiger partial charge in [0.25, 0.3) is 0 Å². The van der Waals surface area contributed by atoms with Crippen molar-refractivity contribution in [3.8, 4) is 0 Å². The number of carbonyl (C=O) groups is 1. The van der Waals surface area contributed by atoms with Crippen molar-refractivity contribution < 1.29 is 9.90 Å². The topological polar surface area (TPSA) is 40.5 Å². The first-order valence-electron chi connectivity index (χ1n) is 4.62. The van der Waals surface area contributed by atoms with E-state index in [0.717, 1.165) is 13.0 Å². The fourth-order valence-corrected chi connectivity index (χ4v) is 1.76. The highest BCUT2D eigenvalue weighted by atomic mass is 32.2. The Hall–Kier alpha value is -0.220. The van der Waals surface area contributed by atoms with Crippen molar-refractivity contribution in [2.24, 2.45) is 0 Å². The summed E-state index contributed by atoms with van der Waals surface area (Å²) in [4.78, 5) is 13.0. The van der Waals surface area contributed by atoms with Crippen LogP contribution in [0.4, 0.5) is 0 Å². The molecule has 0 bridgehead atoms. The Morgan fingerprint density at radius 3 is 2.92 bits per heavy atom. The van der Waals surface area contributed by atoms with Crippen LogP contribution in [0.5, 0.6) is 0 Å². The number of amides is 1. The minimum atomic E-state index is -0.433. The van der Waals surface area contributed by atoms with Gasteiger partial charge in [0.1, 0.15) is 0 Å². The van der Waals surface area contributed by atoms with Gasteiger partial charge in [-0.25, -0.2) is 0 Å². The number of hydrogen-bond acceptors (Lipinski definition) is 3. The second-order valence-corrected chi connectivity index (χ2v) is 4.81. The van der Waals surface area contributed by atoms with Gasteiger partial charge in [-0.05, 0) is 12.7 Å². The number of likely N-dealkylation sites (tertiary alicyclic amines) is 1. The van der Waals surface area contributed by atoms with Crippen LogP contribution < -0.4 is 0 Å². The molecular formula is C9H17NO2S. The Balaban J connectivity index is 2.25. The Bertz CT molecular complexity index is 186. The molecule has 13 heavy (non-hydrogen) atoms. The summed E-state index contributed by atoms with van der Waals surface area (Å²) in [6.07, 6.45) is 2.97. The molecule has 0 aromatic carbocycles. The van der Waals surface area contributed by atoms with Gasteiger partial charge in [0.05, 0.1) is 12.5 Å². The van der Waals surface area contributed by atoms with E-state index >= 15 is 0 Å².